The van der Waals surface area contributed by atoms with E-state index in [0.717, 1.165) is 22.7 Å². The third-order valence-electron chi connectivity index (χ3n) is 2.87. The molecule has 0 spiro atoms. The lowest BCUT2D eigenvalue weighted by molar-refractivity contribution is -0.384. The predicted molar refractivity (Wildman–Crippen MR) is 79.2 cm³/mol. The highest BCUT2D eigenvalue weighted by atomic mass is 32.1. The second kappa shape index (κ2) is 5.96. The van der Waals surface area contributed by atoms with Gasteiger partial charge in [0.25, 0.3) is 0 Å². The Balaban J connectivity index is 2.23. The normalized spacial score (nSPS) is 12.2. The van der Waals surface area contributed by atoms with E-state index in [1.807, 2.05) is 19.2 Å². The van der Waals surface area contributed by atoms with E-state index >= 15 is 0 Å². The summed E-state index contributed by atoms with van der Waals surface area (Å²) in [6.07, 6.45) is 2.50. The van der Waals surface area contributed by atoms with Crippen molar-refractivity contribution < 1.29 is 4.92 Å². The van der Waals surface area contributed by atoms with Crippen molar-refractivity contribution >= 4 is 22.8 Å². The molecule has 2 aromatic rings. The maximum atomic E-state index is 11.1. The highest BCUT2D eigenvalue weighted by Crippen LogP contribution is 2.27. The first-order valence-corrected chi connectivity index (χ1v) is 7.21. The standard InChI is InChI=1S/C13H16N4O2S/c1-4-12-16-10(7-20-12)9(3)15-13-11(17(18)19)5-8(2)6-14-13/h5-7,9H,4H2,1-3H3,(H,14,15)/t9-/m0/s1. The number of hydrogen-bond donors (Lipinski definition) is 1. The Hall–Kier alpha value is -2.02. The Morgan fingerprint density at radius 2 is 2.30 bits per heavy atom. The van der Waals surface area contributed by atoms with Gasteiger partial charge in [0.15, 0.2) is 0 Å². The van der Waals surface area contributed by atoms with Gasteiger partial charge in [0.1, 0.15) is 0 Å². The van der Waals surface area contributed by atoms with Crippen molar-refractivity contribution in [3.05, 3.63) is 44.0 Å². The van der Waals surface area contributed by atoms with Crippen molar-refractivity contribution in [2.75, 3.05) is 5.32 Å². The number of hydrogen-bond acceptors (Lipinski definition) is 6. The number of thiazole rings is 1. The van der Waals surface area contributed by atoms with E-state index in [1.165, 1.54) is 6.07 Å². The van der Waals surface area contributed by atoms with Gasteiger partial charge in [0, 0.05) is 17.6 Å². The molecule has 6 nitrogen and oxygen atoms in total. The molecule has 2 heterocycles. The van der Waals surface area contributed by atoms with E-state index in [2.05, 4.69) is 15.3 Å². The van der Waals surface area contributed by atoms with Crippen LogP contribution in [-0.4, -0.2) is 14.9 Å². The molecule has 0 aliphatic carbocycles. The van der Waals surface area contributed by atoms with Crippen molar-refractivity contribution in [2.24, 2.45) is 0 Å². The summed E-state index contributed by atoms with van der Waals surface area (Å²) in [7, 11) is 0. The van der Waals surface area contributed by atoms with Gasteiger partial charge in [-0.2, -0.15) is 0 Å². The van der Waals surface area contributed by atoms with Crippen LogP contribution in [0.4, 0.5) is 11.5 Å². The zero-order valence-corrected chi connectivity index (χ0v) is 12.4. The van der Waals surface area contributed by atoms with Crippen LogP contribution in [0.15, 0.2) is 17.6 Å². The van der Waals surface area contributed by atoms with Crippen LogP contribution in [0.25, 0.3) is 0 Å². The van der Waals surface area contributed by atoms with Gasteiger partial charge in [0.2, 0.25) is 5.82 Å². The molecule has 0 saturated carbocycles. The molecule has 0 saturated heterocycles. The molecule has 0 aliphatic rings. The lowest BCUT2D eigenvalue weighted by atomic mass is 10.2. The van der Waals surface area contributed by atoms with Crippen molar-refractivity contribution in [1.82, 2.24) is 9.97 Å². The molecular weight excluding hydrogens is 276 g/mol. The highest BCUT2D eigenvalue weighted by Gasteiger charge is 2.18. The number of aryl methyl sites for hydroxylation is 2. The quantitative estimate of drug-likeness (QED) is 0.674. The number of pyridine rings is 1. The summed E-state index contributed by atoms with van der Waals surface area (Å²) in [6.45, 7) is 5.74. The Bertz CT molecular complexity index is 627. The van der Waals surface area contributed by atoms with Crippen LogP contribution in [0.2, 0.25) is 0 Å². The third-order valence-corrected chi connectivity index (χ3v) is 3.88. The van der Waals surface area contributed by atoms with Crippen molar-refractivity contribution in [2.45, 2.75) is 33.2 Å². The second-order valence-electron chi connectivity index (χ2n) is 4.52. The molecule has 2 aromatic heterocycles. The van der Waals surface area contributed by atoms with Gasteiger partial charge in [-0.05, 0) is 25.8 Å². The first-order chi connectivity index (χ1) is 9.51. The largest absolute Gasteiger partial charge is 0.356 e. The van der Waals surface area contributed by atoms with Gasteiger partial charge < -0.3 is 5.32 Å². The minimum atomic E-state index is -0.423. The molecular formula is C13H16N4O2S. The van der Waals surface area contributed by atoms with E-state index in [9.17, 15) is 10.1 Å². The number of aromatic nitrogens is 2. The lowest BCUT2D eigenvalue weighted by Crippen LogP contribution is -2.10. The van der Waals surface area contributed by atoms with Gasteiger partial charge in [-0.1, -0.05) is 6.92 Å². The molecule has 0 fully saturated rings. The van der Waals surface area contributed by atoms with Crippen LogP contribution in [-0.2, 0) is 6.42 Å². The fraction of sp³-hybridized carbons (Fsp3) is 0.385. The van der Waals surface area contributed by atoms with Crippen molar-refractivity contribution in [3.63, 3.8) is 0 Å². The number of anilines is 1. The van der Waals surface area contributed by atoms with Crippen LogP contribution in [0.5, 0.6) is 0 Å². The molecule has 0 aliphatic heterocycles. The average molecular weight is 292 g/mol. The number of nitrogens with zero attached hydrogens (tertiary/aromatic N) is 3. The van der Waals surface area contributed by atoms with Crippen LogP contribution in [0.1, 0.15) is 36.2 Å². The van der Waals surface area contributed by atoms with Crippen molar-refractivity contribution in [1.29, 1.82) is 0 Å². The molecule has 2 rings (SSSR count). The summed E-state index contributed by atoms with van der Waals surface area (Å²) in [4.78, 5) is 19.2. The Morgan fingerprint density at radius 3 is 2.90 bits per heavy atom. The molecule has 0 bridgehead atoms. The predicted octanol–water partition coefficient (Wildman–Crippen LogP) is 3.49. The number of nitro groups is 1. The topological polar surface area (TPSA) is 81.0 Å². The molecule has 0 radical (unpaired) electrons. The van der Waals surface area contributed by atoms with Crippen LogP contribution < -0.4 is 5.32 Å². The molecule has 1 atom stereocenters. The molecule has 0 amide bonds. The molecule has 7 heteroatoms. The average Bonchev–Trinajstić information content (AvgIpc) is 2.89. The summed E-state index contributed by atoms with van der Waals surface area (Å²) in [6, 6.07) is 1.39. The first-order valence-electron chi connectivity index (χ1n) is 6.33. The SMILES string of the molecule is CCc1nc([C@H](C)Nc2ncc(C)cc2[N+](=O)[O-])cs1. The second-order valence-corrected chi connectivity index (χ2v) is 5.47. The van der Waals surface area contributed by atoms with Gasteiger partial charge in [0.05, 0.1) is 21.7 Å². The maximum Gasteiger partial charge on any atom is 0.311 e. The van der Waals surface area contributed by atoms with E-state index in [1.54, 1.807) is 24.5 Å². The Kier molecular flexibility index (Phi) is 4.29. The molecule has 0 aromatic carbocycles. The van der Waals surface area contributed by atoms with Gasteiger partial charge >= 0.3 is 5.69 Å². The number of rotatable bonds is 5. The van der Waals surface area contributed by atoms with Gasteiger partial charge in [-0.25, -0.2) is 9.97 Å². The molecule has 106 valence electrons. The van der Waals surface area contributed by atoms with Crippen LogP contribution in [0.3, 0.4) is 0 Å². The van der Waals surface area contributed by atoms with E-state index in [0.29, 0.717) is 0 Å². The fourth-order valence-corrected chi connectivity index (χ4v) is 2.61. The summed E-state index contributed by atoms with van der Waals surface area (Å²) < 4.78 is 0. The number of nitrogens with one attached hydrogen (secondary N) is 1. The van der Waals surface area contributed by atoms with E-state index in [4.69, 9.17) is 0 Å². The summed E-state index contributed by atoms with van der Waals surface area (Å²) in [5.74, 6) is 0.277. The Morgan fingerprint density at radius 1 is 1.55 bits per heavy atom. The first kappa shape index (κ1) is 14.4. The smallest absolute Gasteiger partial charge is 0.311 e. The molecule has 20 heavy (non-hydrogen) atoms. The van der Waals surface area contributed by atoms with E-state index < -0.39 is 4.92 Å². The van der Waals surface area contributed by atoms with Gasteiger partial charge in [-0.3, -0.25) is 10.1 Å². The lowest BCUT2D eigenvalue weighted by Gasteiger charge is -2.12. The van der Waals surface area contributed by atoms with E-state index in [-0.39, 0.29) is 17.5 Å². The Labute approximate surface area is 121 Å². The summed E-state index contributed by atoms with van der Waals surface area (Å²) in [5.41, 5.74) is 1.63. The third kappa shape index (κ3) is 3.11. The minimum absolute atomic E-state index is 0.0113. The molecule has 1 N–H and O–H groups in total. The zero-order valence-electron chi connectivity index (χ0n) is 11.6. The molecule has 0 unspecified atom stereocenters. The van der Waals surface area contributed by atoms with Gasteiger partial charge in [-0.15, -0.1) is 11.3 Å². The highest BCUT2D eigenvalue weighted by molar-refractivity contribution is 7.09. The zero-order chi connectivity index (χ0) is 14.7. The minimum Gasteiger partial charge on any atom is -0.356 e. The summed E-state index contributed by atoms with van der Waals surface area (Å²) >= 11 is 1.60. The van der Waals surface area contributed by atoms with Crippen molar-refractivity contribution in [3.8, 4) is 0 Å². The maximum absolute atomic E-state index is 11.1. The fourth-order valence-electron chi connectivity index (χ4n) is 1.77. The summed E-state index contributed by atoms with van der Waals surface area (Å²) in [5, 5.41) is 17.1. The monoisotopic (exact) mass is 292 g/mol. The van der Waals surface area contributed by atoms with Crippen LogP contribution >= 0.6 is 11.3 Å². The van der Waals surface area contributed by atoms with Crippen LogP contribution in [0, 0.1) is 17.0 Å².